The summed E-state index contributed by atoms with van der Waals surface area (Å²) in [5.41, 5.74) is 10.4. The van der Waals surface area contributed by atoms with Gasteiger partial charge in [-0.05, 0) is 78.2 Å². The number of nitrogens with two attached hydrogens (primary N) is 1. The molecule has 2 amide bonds. The topological polar surface area (TPSA) is 132 Å². The molecule has 0 bridgehead atoms. The number of rotatable bonds is 21. The monoisotopic (exact) mass is 833 g/mol. The molecular formula is C52H59N5O5. The number of aliphatic hydroxyl groups excluding tert-OH is 1. The molecule has 1 aliphatic rings. The van der Waals surface area contributed by atoms with E-state index in [-0.39, 0.29) is 23.3 Å². The van der Waals surface area contributed by atoms with Crippen molar-refractivity contribution in [3.8, 4) is 5.75 Å². The van der Waals surface area contributed by atoms with Crippen LogP contribution < -0.4 is 16.0 Å². The highest BCUT2D eigenvalue weighted by molar-refractivity contribution is 5.91. The first-order chi connectivity index (χ1) is 30.2. The Morgan fingerprint density at radius 2 is 1.44 bits per heavy atom. The van der Waals surface area contributed by atoms with E-state index >= 15 is 0 Å². The number of aromatic amines is 1. The lowest BCUT2D eigenvalue weighted by Gasteiger charge is -2.37. The maximum Gasteiger partial charge on any atom is 0.248 e. The molecule has 2 heterocycles. The molecule has 0 spiro atoms. The Hall–Kier alpha value is -6.07. The largest absolute Gasteiger partial charge is 0.487 e. The fraction of sp³-hybridized carbons (Fsp3) is 0.327. The minimum absolute atomic E-state index is 0.00330. The van der Waals surface area contributed by atoms with Crippen LogP contribution in [0.4, 0.5) is 0 Å². The van der Waals surface area contributed by atoms with Gasteiger partial charge in [-0.15, -0.1) is 0 Å². The minimum Gasteiger partial charge on any atom is -0.487 e. The lowest BCUT2D eigenvalue weighted by Crippen LogP contribution is -2.49. The number of carbonyl (C=O) groups is 2. The zero-order chi connectivity index (χ0) is 43.3. The van der Waals surface area contributed by atoms with E-state index in [9.17, 15) is 19.5 Å². The van der Waals surface area contributed by atoms with Crippen LogP contribution in [0.1, 0.15) is 66.0 Å². The summed E-state index contributed by atoms with van der Waals surface area (Å²) in [4.78, 5) is 48.6. The number of benzene rings is 5. The molecule has 0 aliphatic carbocycles. The highest BCUT2D eigenvalue weighted by Gasteiger charge is 2.49. The van der Waals surface area contributed by atoms with Crippen LogP contribution in [0.3, 0.4) is 0 Å². The van der Waals surface area contributed by atoms with Crippen molar-refractivity contribution in [2.75, 3.05) is 46.3 Å². The fourth-order valence-electron chi connectivity index (χ4n) is 9.12. The number of primary amides is 1. The van der Waals surface area contributed by atoms with Crippen molar-refractivity contribution >= 4 is 22.7 Å². The first-order valence-corrected chi connectivity index (χ1v) is 21.9. The number of H-pyrrole nitrogens is 1. The van der Waals surface area contributed by atoms with E-state index in [0.717, 1.165) is 78.5 Å². The number of ether oxygens (including phenoxy) is 1. The van der Waals surface area contributed by atoms with E-state index in [4.69, 9.17) is 10.5 Å². The summed E-state index contributed by atoms with van der Waals surface area (Å²) in [6.45, 7) is 5.04. The van der Waals surface area contributed by atoms with Crippen molar-refractivity contribution in [3.05, 3.63) is 184 Å². The number of amides is 2. The van der Waals surface area contributed by atoms with Crippen LogP contribution in [0.5, 0.6) is 5.75 Å². The maximum absolute atomic E-state index is 13.5. The number of unbranched alkanes of at least 4 members (excludes halogenated alkanes) is 2. The Morgan fingerprint density at radius 3 is 2.08 bits per heavy atom. The van der Waals surface area contributed by atoms with E-state index in [1.165, 1.54) is 6.07 Å². The standard InChI is InChI=1S/C52H59N5O5/c1-55(33-34-56-32-30-43(36-56)52(51(53)61,41-21-11-4-12-22-41)42-23-13-5-14-24-42)49(60)25-15-6-16-31-57(35-39-17-7-2-8-18-39)37-46(58)44-26-28-47(50-45(44)27-29-48(59)54-50)62-38-40-19-9-3-10-20-40/h2-5,7-14,17-24,26-29,43,46,58H,6,15-16,25,30-38H2,1H3,(H2,53,61)(H,54,59)/t43-,46+/m1/s1. The third kappa shape index (κ3) is 10.7. The molecule has 0 unspecified atom stereocenters. The predicted octanol–water partition coefficient (Wildman–Crippen LogP) is 7.46. The Bertz CT molecular complexity index is 2370. The molecule has 6 aromatic rings. The summed E-state index contributed by atoms with van der Waals surface area (Å²) in [5.74, 6) is 0.343. The number of pyridine rings is 1. The fourth-order valence-corrected chi connectivity index (χ4v) is 9.12. The normalized spacial score (nSPS) is 14.9. The molecule has 10 heteroatoms. The Kier molecular flexibility index (Phi) is 15.0. The smallest absolute Gasteiger partial charge is 0.248 e. The van der Waals surface area contributed by atoms with Gasteiger partial charge in [0.25, 0.3) is 0 Å². The van der Waals surface area contributed by atoms with E-state index in [2.05, 4.69) is 26.9 Å². The van der Waals surface area contributed by atoms with Gasteiger partial charge in [0, 0.05) is 57.6 Å². The van der Waals surface area contributed by atoms with Gasteiger partial charge in [0.05, 0.1) is 11.6 Å². The van der Waals surface area contributed by atoms with Gasteiger partial charge in [-0.25, -0.2) is 0 Å². The second-order valence-corrected chi connectivity index (χ2v) is 16.6. The van der Waals surface area contributed by atoms with Crippen LogP contribution in [0.15, 0.2) is 150 Å². The van der Waals surface area contributed by atoms with Crippen molar-refractivity contribution in [1.29, 1.82) is 0 Å². The molecule has 322 valence electrons. The Labute approximate surface area is 365 Å². The SMILES string of the molecule is CN(CCN1CC[C@@H](C(C(N)=O)(c2ccccc2)c2ccccc2)C1)C(=O)CCCCCN(Cc1ccccc1)C[C@H](O)c1ccc(OCc2ccccc2)c2[nH]c(=O)ccc12. The minimum atomic E-state index is -0.937. The van der Waals surface area contributed by atoms with Gasteiger partial charge < -0.3 is 30.4 Å². The first kappa shape index (κ1) is 44.0. The van der Waals surface area contributed by atoms with Crippen molar-refractivity contribution in [3.63, 3.8) is 0 Å². The second kappa shape index (κ2) is 21.1. The van der Waals surface area contributed by atoms with Crippen molar-refractivity contribution in [1.82, 2.24) is 19.7 Å². The molecule has 1 saturated heterocycles. The summed E-state index contributed by atoms with van der Waals surface area (Å²) in [6.07, 6.45) is 3.00. The second-order valence-electron chi connectivity index (χ2n) is 16.6. The van der Waals surface area contributed by atoms with Crippen LogP contribution >= 0.6 is 0 Å². The van der Waals surface area contributed by atoms with Gasteiger partial charge in [0.2, 0.25) is 17.4 Å². The van der Waals surface area contributed by atoms with Crippen LogP contribution in [-0.2, 0) is 28.2 Å². The van der Waals surface area contributed by atoms with Gasteiger partial charge in [-0.2, -0.15) is 0 Å². The molecule has 1 fully saturated rings. The number of hydrogen-bond donors (Lipinski definition) is 3. The zero-order valence-corrected chi connectivity index (χ0v) is 35.7. The third-order valence-electron chi connectivity index (χ3n) is 12.4. The lowest BCUT2D eigenvalue weighted by molar-refractivity contribution is -0.130. The Morgan fingerprint density at radius 1 is 0.806 bits per heavy atom. The number of likely N-dealkylation sites (tertiary alicyclic amines) is 1. The van der Waals surface area contributed by atoms with Crippen molar-refractivity contribution in [2.24, 2.45) is 11.7 Å². The highest BCUT2D eigenvalue weighted by atomic mass is 16.5. The summed E-state index contributed by atoms with van der Waals surface area (Å²) in [6, 6.07) is 46.8. The molecule has 10 nitrogen and oxygen atoms in total. The zero-order valence-electron chi connectivity index (χ0n) is 35.7. The number of carbonyl (C=O) groups excluding carboxylic acids is 2. The average molecular weight is 834 g/mol. The quantitative estimate of drug-likeness (QED) is 0.0642. The summed E-state index contributed by atoms with van der Waals surface area (Å²) < 4.78 is 6.14. The summed E-state index contributed by atoms with van der Waals surface area (Å²) in [7, 11) is 1.88. The molecule has 0 saturated carbocycles. The van der Waals surface area contributed by atoms with Crippen molar-refractivity contribution in [2.45, 2.75) is 56.8 Å². The summed E-state index contributed by atoms with van der Waals surface area (Å²) in [5, 5.41) is 12.5. The lowest BCUT2D eigenvalue weighted by atomic mass is 9.64. The molecule has 4 N–H and O–H groups in total. The van der Waals surface area contributed by atoms with Crippen LogP contribution in [0.25, 0.3) is 10.9 Å². The van der Waals surface area contributed by atoms with Crippen LogP contribution in [0, 0.1) is 5.92 Å². The van der Waals surface area contributed by atoms with E-state index in [1.807, 2.05) is 133 Å². The molecule has 2 atom stereocenters. The van der Waals surface area contributed by atoms with E-state index < -0.39 is 11.5 Å². The molecule has 0 radical (unpaired) electrons. The van der Waals surface area contributed by atoms with Gasteiger partial charge in [-0.1, -0.05) is 134 Å². The van der Waals surface area contributed by atoms with E-state index in [0.29, 0.717) is 50.5 Å². The van der Waals surface area contributed by atoms with Crippen LogP contribution in [-0.4, -0.2) is 82.9 Å². The van der Waals surface area contributed by atoms with Crippen molar-refractivity contribution < 1.29 is 19.4 Å². The first-order valence-electron chi connectivity index (χ1n) is 21.9. The van der Waals surface area contributed by atoms with Crippen LogP contribution in [0.2, 0.25) is 0 Å². The number of aliphatic hydroxyl groups is 1. The molecule has 5 aromatic carbocycles. The number of nitrogens with zero attached hydrogens (tertiary/aromatic N) is 3. The molecule has 62 heavy (non-hydrogen) atoms. The summed E-state index contributed by atoms with van der Waals surface area (Å²) >= 11 is 0. The highest BCUT2D eigenvalue weighted by Crippen LogP contribution is 2.43. The molecule has 1 aromatic heterocycles. The average Bonchev–Trinajstić information content (AvgIpc) is 3.77. The molecule has 1 aliphatic heterocycles. The predicted molar refractivity (Wildman–Crippen MR) is 246 cm³/mol. The van der Waals surface area contributed by atoms with Gasteiger partial charge >= 0.3 is 0 Å². The third-order valence-corrected chi connectivity index (χ3v) is 12.4. The van der Waals surface area contributed by atoms with Gasteiger partial charge in [0.15, 0.2) is 0 Å². The maximum atomic E-state index is 13.5. The van der Waals surface area contributed by atoms with Gasteiger partial charge in [0.1, 0.15) is 17.8 Å². The molecular weight excluding hydrogens is 775 g/mol. The molecule has 7 rings (SSSR count). The number of nitrogens with one attached hydrogen (secondary N) is 1. The van der Waals surface area contributed by atoms with E-state index in [1.54, 1.807) is 6.07 Å². The number of hydrogen-bond acceptors (Lipinski definition) is 7. The Balaban J connectivity index is 0.913. The number of fused-ring (bicyclic) bond motifs is 1. The number of likely N-dealkylation sites (N-methyl/N-ethyl adjacent to an activating group) is 1. The number of aromatic nitrogens is 1. The van der Waals surface area contributed by atoms with Gasteiger partial charge in [-0.3, -0.25) is 19.3 Å².